The third-order valence-corrected chi connectivity index (χ3v) is 4.63. The molecule has 1 fully saturated rings. The Hall–Kier alpha value is -1.78. The summed E-state index contributed by atoms with van der Waals surface area (Å²) in [5.41, 5.74) is 4.16. The number of fused-ring (bicyclic) bond motifs is 1. The number of benzene rings is 1. The molecule has 0 saturated carbocycles. The third kappa shape index (κ3) is 3.21. The monoisotopic (exact) mass is 362 g/mol. The Bertz CT molecular complexity index is 836. The van der Waals surface area contributed by atoms with Crippen LogP contribution in [0, 0.1) is 6.92 Å². The maximum Gasteiger partial charge on any atom is 0.156 e. The third-order valence-electron chi connectivity index (χ3n) is 4.38. The molecule has 3 aromatic rings. The van der Waals surface area contributed by atoms with Gasteiger partial charge in [-0.25, -0.2) is 9.97 Å². The minimum Gasteiger partial charge on any atom is -0.355 e. The number of halogens is 2. The van der Waals surface area contributed by atoms with Crippen LogP contribution in [0.15, 0.2) is 30.3 Å². The second-order valence-corrected chi connectivity index (χ2v) is 6.53. The molecule has 1 saturated heterocycles. The van der Waals surface area contributed by atoms with Crippen LogP contribution in [0.2, 0.25) is 5.02 Å². The fraction of sp³-hybridized carbons (Fsp3) is 0.333. The van der Waals surface area contributed by atoms with E-state index < -0.39 is 0 Å². The Labute approximate surface area is 152 Å². The van der Waals surface area contributed by atoms with Gasteiger partial charge < -0.3 is 9.88 Å². The summed E-state index contributed by atoms with van der Waals surface area (Å²) in [6.45, 7) is 4.10. The summed E-state index contributed by atoms with van der Waals surface area (Å²) in [6.07, 6.45) is 3.77. The Morgan fingerprint density at radius 1 is 1.04 bits per heavy atom. The van der Waals surface area contributed by atoms with Crippen molar-refractivity contribution in [2.45, 2.75) is 26.2 Å². The average Bonchev–Trinajstić information content (AvgIpc) is 2.99. The summed E-state index contributed by atoms with van der Waals surface area (Å²) >= 11 is 5.99. The minimum atomic E-state index is 0. The van der Waals surface area contributed by atoms with Gasteiger partial charge in [0.25, 0.3) is 0 Å². The maximum absolute atomic E-state index is 5.99. The first-order chi connectivity index (χ1) is 11.2. The highest BCUT2D eigenvalue weighted by Crippen LogP contribution is 2.30. The van der Waals surface area contributed by atoms with Crippen LogP contribution in [0.4, 0.5) is 5.82 Å². The molecule has 6 heteroatoms. The van der Waals surface area contributed by atoms with Crippen molar-refractivity contribution in [2.24, 2.45) is 0 Å². The number of anilines is 1. The summed E-state index contributed by atoms with van der Waals surface area (Å²) in [4.78, 5) is 15.2. The Kier molecular flexibility index (Phi) is 4.97. The highest BCUT2D eigenvalue weighted by Gasteiger charge is 2.18. The molecule has 0 spiro atoms. The van der Waals surface area contributed by atoms with Gasteiger partial charge in [0.05, 0.1) is 5.52 Å². The number of hydrogen-bond acceptors (Lipinski definition) is 3. The van der Waals surface area contributed by atoms with Crippen LogP contribution in [0.5, 0.6) is 0 Å². The number of H-pyrrole nitrogens is 1. The number of aromatic nitrogens is 3. The zero-order chi connectivity index (χ0) is 15.8. The second-order valence-electron chi connectivity index (χ2n) is 6.09. The van der Waals surface area contributed by atoms with Crippen molar-refractivity contribution in [1.82, 2.24) is 15.0 Å². The number of rotatable bonds is 2. The van der Waals surface area contributed by atoms with Gasteiger partial charge in [-0.15, -0.1) is 12.4 Å². The van der Waals surface area contributed by atoms with E-state index in [-0.39, 0.29) is 12.4 Å². The lowest BCUT2D eigenvalue weighted by atomic mass is 10.1. The number of hydrogen-bond donors (Lipinski definition) is 1. The lowest BCUT2D eigenvalue weighted by molar-refractivity contribution is 0.574. The molecule has 1 aliphatic rings. The normalized spacial score (nSPS) is 14.7. The highest BCUT2D eigenvalue weighted by molar-refractivity contribution is 6.30. The Balaban J connectivity index is 0.00000169. The first kappa shape index (κ1) is 17.1. The molecule has 0 amide bonds. The van der Waals surface area contributed by atoms with Gasteiger partial charge in [-0.2, -0.15) is 0 Å². The van der Waals surface area contributed by atoms with Crippen LogP contribution in [0.25, 0.3) is 22.3 Å². The van der Waals surface area contributed by atoms with Crippen molar-refractivity contribution in [2.75, 3.05) is 18.0 Å². The van der Waals surface area contributed by atoms with Gasteiger partial charge in [0, 0.05) is 23.8 Å². The largest absolute Gasteiger partial charge is 0.355 e. The molecule has 4 nitrogen and oxygen atoms in total. The number of piperidine rings is 1. The van der Waals surface area contributed by atoms with E-state index in [2.05, 4.69) is 20.9 Å². The van der Waals surface area contributed by atoms with Crippen molar-refractivity contribution >= 4 is 40.9 Å². The number of aryl methyl sites for hydroxylation is 1. The topological polar surface area (TPSA) is 44.8 Å². The molecule has 0 aliphatic carbocycles. The van der Waals surface area contributed by atoms with Crippen molar-refractivity contribution in [3.05, 3.63) is 41.2 Å². The van der Waals surface area contributed by atoms with Gasteiger partial charge >= 0.3 is 0 Å². The second kappa shape index (κ2) is 6.99. The van der Waals surface area contributed by atoms with E-state index in [0.717, 1.165) is 52.0 Å². The molecule has 0 unspecified atom stereocenters. The van der Waals surface area contributed by atoms with Crippen LogP contribution in [0.1, 0.15) is 25.1 Å². The fourth-order valence-corrected chi connectivity index (χ4v) is 3.36. The predicted octanol–water partition coefficient (Wildman–Crippen LogP) is 5.00. The van der Waals surface area contributed by atoms with Gasteiger partial charge in [-0.05, 0) is 49.9 Å². The van der Waals surface area contributed by atoms with Gasteiger partial charge in [-0.3, -0.25) is 0 Å². The van der Waals surface area contributed by atoms with Crippen LogP contribution in [-0.2, 0) is 0 Å². The van der Waals surface area contributed by atoms with Crippen molar-refractivity contribution in [3.8, 4) is 11.3 Å². The summed E-state index contributed by atoms with van der Waals surface area (Å²) in [5, 5.41) is 0.745. The summed E-state index contributed by atoms with van der Waals surface area (Å²) in [5.74, 6) is 1.85. The zero-order valence-electron chi connectivity index (χ0n) is 13.6. The van der Waals surface area contributed by atoms with E-state index in [0.29, 0.717) is 0 Å². The molecule has 1 aromatic carbocycles. The molecule has 3 heterocycles. The quantitative estimate of drug-likeness (QED) is 0.697. The predicted molar refractivity (Wildman–Crippen MR) is 102 cm³/mol. The summed E-state index contributed by atoms with van der Waals surface area (Å²) < 4.78 is 0. The molecule has 1 aliphatic heterocycles. The lowest BCUT2D eigenvalue weighted by Gasteiger charge is -2.28. The van der Waals surface area contributed by atoms with E-state index >= 15 is 0 Å². The molecule has 0 bridgehead atoms. The van der Waals surface area contributed by atoms with Crippen LogP contribution < -0.4 is 4.90 Å². The first-order valence-corrected chi connectivity index (χ1v) is 8.47. The molecular weight excluding hydrogens is 343 g/mol. The van der Waals surface area contributed by atoms with E-state index in [1.807, 2.05) is 31.2 Å². The average molecular weight is 363 g/mol. The first-order valence-electron chi connectivity index (χ1n) is 8.09. The molecule has 24 heavy (non-hydrogen) atoms. The summed E-state index contributed by atoms with van der Waals surface area (Å²) in [6, 6.07) is 9.96. The molecule has 0 atom stereocenters. The van der Waals surface area contributed by atoms with E-state index in [1.165, 1.54) is 19.3 Å². The standard InChI is InChI=1S/C18H19ClN4.ClH/c1-12-20-16-11-15(13-5-7-14(19)8-6-13)22-17(16)18(21-12)23-9-3-2-4-10-23;/h5-8,11,22H,2-4,9-10H2,1H3;1H. The Morgan fingerprint density at radius 3 is 2.46 bits per heavy atom. The summed E-state index contributed by atoms with van der Waals surface area (Å²) in [7, 11) is 0. The molecule has 4 rings (SSSR count). The minimum absolute atomic E-state index is 0. The van der Waals surface area contributed by atoms with Crippen molar-refractivity contribution in [1.29, 1.82) is 0 Å². The number of aromatic amines is 1. The van der Waals surface area contributed by atoms with Gasteiger partial charge in [0.15, 0.2) is 5.82 Å². The van der Waals surface area contributed by atoms with Crippen LogP contribution >= 0.6 is 24.0 Å². The van der Waals surface area contributed by atoms with Crippen LogP contribution in [0.3, 0.4) is 0 Å². The smallest absolute Gasteiger partial charge is 0.156 e. The van der Waals surface area contributed by atoms with E-state index in [9.17, 15) is 0 Å². The zero-order valence-corrected chi connectivity index (χ0v) is 15.1. The van der Waals surface area contributed by atoms with E-state index in [4.69, 9.17) is 16.6 Å². The number of nitrogens with one attached hydrogen (secondary N) is 1. The van der Waals surface area contributed by atoms with Crippen molar-refractivity contribution < 1.29 is 0 Å². The van der Waals surface area contributed by atoms with Gasteiger partial charge in [0.2, 0.25) is 0 Å². The van der Waals surface area contributed by atoms with E-state index in [1.54, 1.807) is 0 Å². The maximum atomic E-state index is 5.99. The molecule has 2 aromatic heterocycles. The molecule has 0 radical (unpaired) electrons. The lowest BCUT2D eigenvalue weighted by Crippen LogP contribution is -2.30. The van der Waals surface area contributed by atoms with Crippen LogP contribution in [-0.4, -0.2) is 28.0 Å². The highest BCUT2D eigenvalue weighted by atomic mass is 35.5. The van der Waals surface area contributed by atoms with Gasteiger partial charge in [-0.1, -0.05) is 23.7 Å². The van der Waals surface area contributed by atoms with Gasteiger partial charge in [0.1, 0.15) is 11.3 Å². The number of nitrogens with zero attached hydrogens (tertiary/aromatic N) is 3. The molecule has 126 valence electrons. The van der Waals surface area contributed by atoms with Crippen molar-refractivity contribution in [3.63, 3.8) is 0 Å². The Morgan fingerprint density at radius 2 is 1.75 bits per heavy atom. The molecule has 1 N–H and O–H groups in total. The molecular formula is C18H20Cl2N4. The fourth-order valence-electron chi connectivity index (χ4n) is 3.23. The SMILES string of the molecule is Cc1nc(N2CCCCC2)c2[nH]c(-c3ccc(Cl)cc3)cc2n1.Cl.